The van der Waals surface area contributed by atoms with E-state index in [-0.39, 0.29) is 11.3 Å². The van der Waals surface area contributed by atoms with Crippen LogP contribution in [0.25, 0.3) is 0 Å². The standard InChI is InChI=1S/C14H19N3O4/c1-3-15-6-7-16(9-10(15)2)13-5-4-11(17(20)21)8-12(13)14(18)19/h4-5,8,10H,3,6-7,9H2,1-2H3,(H,18,19). The summed E-state index contributed by atoms with van der Waals surface area (Å²) in [5.41, 5.74) is 0.341. The first kappa shape index (κ1) is 15.2. The van der Waals surface area contributed by atoms with Gasteiger partial charge in [-0.1, -0.05) is 6.92 Å². The number of nitro groups is 1. The molecule has 1 aromatic carbocycles. The largest absolute Gasteiger partial charge is 0.478 e. The second-order valence-corrected chi connectivity index (χ2v) is 5.19. The van der Waals surface area contributed by atoms with E-state index in [9.17, 15) is 20.0 Å². The Morgan fingerprint density at radius 2 is 2.19 bits per heavy atom. The third kappa shape index (κ3) is 3.13. The maximum atomic E-state index is 11.4. The quantitative estimate of drug-likeness (QED) is 0.673. The van der Waals surface area contributed by atoms with E-state index in [1.807, 2.05) is 4.90 Å². The van der Waals surface area contributed by atoms with Gasteiger partial charge in [0.1, 0.15) is 0 Å². The third-order valence-electron chi connectivity index (χ3n) is 3.93. The molecule has 0 aliphatic carbocycles. The number of nitro benzene ring substituents is 1. The zero-order chi connectivity index (χ0) is 15.6. The minimum atomic E-state index is -1.14. The fraction of sp³-hybridized carbons (Fsp3) is 0.500. The van der Waals surface area contributed by atoms with Crippen molar-refractivity contribution in [1.29, 1.82) is 0 Å². The van der Waals surface area contributed by atoms with Gasteiger partial charge >= 0.3 is 5.97 Å². The van der Waals surface area contributed by atoms with E-state index in [1.54, 1.807) is 0 Å². The predicted octanol–water partition coefficient (Wildman–Crippen LogP) is 1.82. The summed E-state index contributed by atoms with van der Waals surface area (Å²) in [7, 11) is 0. The van der Waals surface area contributed by atoms with Gasteiger partial charge in [0.05, 0.1) is 16.2 Å². The Kier molecular flexibility index (Phi) is 4.42. The van der Waals surface area contributed by atoms with E-state index >= 15 is 0 Å². The number of carboxylic acids is 1. The van der Waals surface area contributed by atoms with Crippen molar-refractivity contribution in [1.82, 2.24) is 4.90 Å². The summed E-state index contributed by atoms with van der Waals surface area (Å²) in [6.07, 6.45) is 0. The molecule has 0 aromatic heterocycles. The average molecular weight is 293 g/mol. The number of hydrogen-bond acceptors (Lipinski definition) is 5. The highest BCUT2D eigenvalue weighted by Gasteiger charge is 2.26. The molecule has 0 saturated carbocycles. The van der Waals surface area contributed by atoms with Crippen LogP contribution in [0.15, 0.2) is 18.2 Å². The molecule has 0 radical (unpaired) electrons. The van der Waals surface area contributed by atoms with Gasteiger partial charge in [-0.25, -0.2) is 4.79 Å². The van der Waals surface area contributed by atoms with Crippen LogP contribution in [0.4, 0.5) is 11.4 Å². The summed E-state index contributed by atoms with van der Waals surface area (Å²) in [6.45, 7) is 7.44. The fourth-order valence-corrected chi connectivity index (χ4v) is 2.77. The smallest absolute Gasteiger partial charge is 0.338 e. The molecule has 0 spiro atoms. The summed E-state index contributed by atoms with van der Waals surface area (Å²) < 4.78 is 0. The summed E-state index contributed by atoms with van der Waals surface area (Å²) in [4.78, 5) is 25.9. The molecule has 1 N–H and O–H groups in total. The Bertz CT molecular complexity index is 561. The Morgan fingerprint density at radius 1 is 1.48 bits per heavy atom. The second kappa shape index (κ2) is 6.09. The number of anilines is 1. The van der Waals surface area contributed by atoms with Gasteiger partial charge in [-0.15, -0.1) is 0 Å². The number of piperazine rings is 1. The summed E-state index contributed by atoms with van der Waals surface area (Å²) >= 11 is 0. The molecule has 21 heavy (non-hydrogen) atoms. The van der Waals surface area contributed by atoms with Crippen LogP contribution in [0.5, 0.6) is 0 Å². The van der Waals surface area contributed by atoms with Crippen LogP contribution < -0.4 is 4.90 Å². The van der Waals surface area contributed by atoms with E-state index < -0.39 is 10.9 Å². The molecule has 114 valence electrons. The molecule has 1 saturated heterocycles. The molecule has 0 bridgehead atoms. The van der Waals surface area contributed by atoms with Gasteiger partial charge in [0.15, 0.2) is 0 Å². The van der Waals surface area contributed by atoms with E-state index in [0.717, 1.165) is 25.7 Å². The molecule has 2 rings (SSSR count). The van der Waals surface area contributed by atoms with Crippen molar-refractivity contribution in [2.75, 3.05) is 31.1 Å². The van der Waals surface area contributed by atoms with Crippen molar-refractivity contribution < 1.29 is 14.8 Å². The Balaban J connectivity index is 2.31. The molecular formula is C14H19N3O4. The lowest BCUT2D eigenvalue weighted by atomic mass is 10.1. The van der Waals surface area contributed by atoms with Crippen LogP contribution in [0, 0.1) is 10.1 Å². The van der Waals surface area contributed by atoms with Gasteiger partial charge < -0.3 is 10.0 Å². The lowest BCUT2D eigenvalue weighted by molar-refractivity contribution is -0.384. The van der Waals surface area contributed by atoms with Crippen molar-refractivity contribution in [3.05, 3.63) is 33.9 Å². The first-order valence-corrected chi connectivity index (χ1v) is 6.94. The summed E-state index contributed by atoms with van der Waals surface area (Å²) in [6, 6.07) is 4.35. The third-order valence-corrected chi connectivity index (χ3v) is 3.93. The number of hydrogen-bond donors (Lipinski definition) is 1. The zero-order valence-corrected chi connectivity index (χ0v) is 12.2. The van der Waals surface area contributed by atoms with Crippen molar-refractivity contribution in [3.63, 3.8) is 0 Å². The van der Waals surface area contributed by atoms with Crippen molar-refractivity contribution >= 4 is 17.3 Å². The molecular weight excluding hydrogens is 274 g/mol. The molecule has 1 atom stereocenters. The lowest BCUT2D eigenvalue weighted by Gasteiger charge is -2.40. The number of carboxylic acid groups (broad SMARTS) is 1. The molecule has 1 unspecified atom stereocenters. The minimum Gasteiger partial charge on any atom is -0.478 e. The topological polar surface area (TPSA) is 86.9 Å². The molecule has 1 aliphatic rings. The van der Waals surface area contributed by atoms with Crippen LogP contribution in [0.2, 0.25) is 0 Å². The maximum absolute atomic E-state index is 11.4. The van der Waals surface area contributed by atoms with E-state index in [0.29, 0.717) is 18.3 Å². The molecule has 7 heteroatoms. The molecule has 1 heterocycles. The second-order valence-electron chi connectivity index (χ2n) is 5.19. The highest BCUT2D eigenvalue weighted by molar-refractivity contribution is 5.95. The van der Waals surface area contributed by atoms with Crippen LogP contribution >= 0.6 is 0 Å². The normalized spacial score (nSPS) is 19.5. The fourth-order valence-electron chi connectivity index (χ4n) is 2.77. The van der Waals surface area contributed by atoms with Gasteiger partial charge in [0.25, 0.3) is 5.69 Å². The number of likely N-dealkylation sites (N-methyl/N-ethyl adjacent to an activating group) is 1. The van der Waals surface area contributed by atoms with Crippen LogP contribution in [0.3, 0.4) is 0 Å². The Hall–Kier alpha value is -2.15. The van der Waals surface area contributed by atoms with Crippen molar-refractivity contribution in [3.8, 4) is 0 Å². The Morgan fingerprint density at radius 3 is 2.71 bits per heavy atom. The molecule has 7 nitrogen and oxygen atoms in total. The lowest BCUT2D eigenvalue weighted by Crippen LogP contribution is -2.52. The van der Waals surface area contributed by atoms with Gasteiger partial charge in [0, 0.05) is 37.8 Å². The van der Waals surface area contributed by atoms with E-state index in [2.05, 4.69) is 18.7 Å². The van der Waals surface area contributed by atoms with Gasteiger partial charge in [0.2, 0.25) is 0 Å². The van der Waals surface area contributed by atoms with Crippen molar-refractivity contribution in [2.24, 2.45) is 0 Å². The molecule has 1 aromatic rings. The van der Waals surface area contributed by atoms with Gasteiger partial charge in [-0.3, -0.25) is 15.0 Å². The predicted molar refractivity (Wildman–Crippen MR) is 79.0 cm³/mol. The monoisotopic (exact) mass is 293 g/mol. The summed E-state index contributed by atoms with van der Waals surface area (Å²) in [5.74, 6) is -1.14. The average Bonchev–Trinajstić information content (AvgIpc) is 2.46. The summed E-state index contributed by atoms with van der Waals surface area (Å²) in [5, 5.41) is 20.1. The number of benzene rings is 1. The van der Waals surface area contributed by atoms with Crippen LogP contribution in [-0.2, 0) is 0 Å². The Labute approximate surface area is 122 Å². The van der Waals surface area contributed by atoms with Crippen LogP contribution in [-0.4, -0.2) is 53.1 Å². The van der Waals surface area contributed by atoms with Gasteiger partial charge in [-0.2, -0.15) is 0 Å². The van der Waals surface area contributed by atoms with E-state index in [4.69, 9.17) is 0 Å². The van der Waals surface area contributed by atoms with Crippen LogP contribution in [0.1, 0.15) is 24.2 Å². The number of rotatable bonds is 4. The highest BCUT2D eigenvalue weighted by Crippen LogP contribution is 2.27. The number of aromatic carboxylic acids is 1. The first-order valence-electron chi connectivity index (χ1n) is 6.94. The molecule has 0 amide bonds. The van der Waals surface area contributed by atoms with Gasteiger partial charge in [-0.05, 0) is 19.5 Å². The molecule has 1 aliphatic heterocycles. The zero-order valence-electron chi connectivity index (χ0n) is 12.2. The SMILES string of the molecule is CCN1CCN(c2ccc([N+](=O)[O-])cc2C(=O)O)CC1C. The maximum Gasteiger partial charge on any atom is 0.338 e. The minimum absolute atomic E-state index is 0.0126. The first-order chi connectivity index (χ1) is 9.93. The number of carbonyl (C=O) groups is 1. The highest BCUT2D eigenvalue weighted by atomic mass is 16.6. The van der Waals surface area contributed by atoms with E-state index in [1.165, 1.54) is 12.1 Å². The number of non-ortho nitro benzene ring substituents is 1. The molecule has 1 fully saturated rings. The number of nitrogens with zero attached hydrogens (tertiary/aromatic N) is 3. The van der Waals surface area contributed by atoms with Crippen molar-refractivity contribution in [2.45, 2.75) is 19.9 Å².